The lowest BCUT2D eigenvalue weighted by molar-refractivity contribution is 0.0982. The summed E-state index contributed by atoms with van der Waals surface area (Å²) >= 11 is 5.95. The number of hydrogen-bond donors (Lipinski definition) is 0. The van der Waals surface area contributed by atoms with Gasteiger partial charge < -0.3 is 14.4 Å². The van der Waals surface area contributed by atoms with Gasteiger partial charge in [-0.3, -0.25) is 4.79 Å². The molecule has 8 heteroatoms. The number of sulfone groups is 1. The van der Waals surface area contributed by atoms with Gasteiger partial charge in [-0.25, -0.2) is 8.42 Å². The largest absolute Gasteiger partial charge is 0.493 e. The van der Waals surface area contributed by atoms with E-state index in [-0.39, 0.29) is 11.7 Å². The van der Waals surface area contributed by atoms with E-state index in [4.69, 9.17) is 21.1 Å². The molecule has 0 aliphatic carbocycles. The molecule has 2 aromatic rings. The van der Waals surface area contributed by atoms with Crippen molar-refractivity contribution in [3.63, 3.8) is 0 Å². The highest BCUT2D eigenvalue weighted by Gasteiger charge is 2.32. The molecule has 0 spiro atoms. The summed E-state index contributed by atoms with van der Waals surface area (Å²) in [5, 5.41) is 1.66. The van der Waals surface area contributed by atoms with Gasteiger partial charge in [0.25, 0.3) is 5.91 Å². The van der Waals surface area contributed by atoms with Crippen molar-refractivity contribution in [1.82, 2.24) is 0 Å². The van der Waals surface area contributed by atoms with Gasteiger partial charge in [-0.05, 0) is 48.5 Å². The molecule has 3 rings (SSSR count). The minimum absolute atomic E-state index is 0.172. The summed E-state index contributed by atoms with van der Waals surface area (Å²) in [6.45, 7) is 0. The summed E-state index contributed by atoms with van der Waals surface area (Å²) in [4.78, 5) is 14.7. The highest BCUT2D eigenvalue weighted by atomic mass is 35.5. The van der Waals surface area contributed by atoms with Gasteiger partial charge in [0.05, 0.1) is 26.0 Å². The molecule has 0 fully saturated rings. The van der Waals surface area contributed by atoms with Gasteiger partial charge in [0.15, 0.2) is 21.3 Å². The molecule has 0 saturated carbocycles. The zero-order chi connectivity index (χ0) is 19.6. The van der Waals surface area contributed by atoms with E-state index in [0.29, 0.717) is 27.8 Å². The average molecular weight is 408 g/mol. The van der Waals surface area contributed by atoms with Crippen LogP contribution in [0.15, 0.2) is 53.9 Å². The van der Waals surface area contributed by atoms with Crippen molar-refractivity contribution < 1.29 is 22.7 Å². The van der Waals surface area contributed by atoms with Crippen molar-refractivity contribution >= 4 is 33.0 Å². The fourth-order valence-corrected chi connectivity index (χ4v) is 4.28. The van der Waals surface area contributed by atoms with Gasteiger partial charge in [0.1, 0.15) is 0 Å². The number of hydrogen-bond acceptors (Lipinski definition) is 5. The second-order valence-corrected chi connectivity index (χ2v) is 8.31. The van der Waals surface area contributed by atoms with Crippen LogP contribution in [0.5, 0.6) is 11.5 Å². The predicted molar refractivity (Wildman–Crippen MR) is 105 cm³/mol. The predicted octanol–water partition coefficient (Wildman–Crippen LogP) is 3.31. The maximum absolute atomic E-state index is 13.3. The Morgan fingerprint density at radius 3 is 2.30 bits per heavy atom. The van der Waals surface area contributed by atoms with Crippen molar-refractivity contribution in [1.29, 1.82) is 0 Å². The molecule has 142 valence electrons. The molecule has 0 radical (unpaired) electrons. The number of carbonyl (C=O) groups is 1. The van der Waals surface area contributed by atoms with Crippen LogP contribution in [0, 0.1) is 0 Å². The van der Waals surface area contributed by atoms with Crippen molar-refractivity contribution in [2.45, 2.75) is 6.04 Å². The standard InChI is InChI=1S/C19H18ClNO5S/c1-25-17-8-3-13(11-18(17)26-2)19(22)21(15-6-4-14(20)5-7-15)16-9-10-27(23,24)12-16/h3-11,16H,12H2,1-2H3/t16-/m1/s1. The molecule has 0 saturated heterocycles. The smallest absolute Gasteiger partial charge is 0.258 e. The van der Waals surface area contributed by atoms with E-state index < -0.39 is 15.9 Å². The van der Waals surface area contributed by atoms with Crippen LogP contribution < -0.4 is 14.4 Å². The van der Waals surface area contributed by atoms with Crippen molar-refractivity contribution in [3.05, 3.63) is 64.5 Å². The van der Waals surface area contributed by atoms with E-state index >= 15 is 0 Å². The molecule has 27 heavy (non-hydrogen) atoms. The third-order valence-corrected chi connectivity index (χ3v) is 5.83. The zero-order valence-electron chi connectivity index (χ0n) is 14.8. The Bertz CT molecular complexity index is 986. The molecule has 6 nitrogen and oxygen atoms in total. The van der Waals surface area contributed by atoms with Crippen LogP contribution in [0.2, 0.25) is 5.02 Å². The second-order valence-electron chi connectivity index (χ2n) is 5.95. The topological polar surface area (TPSA) is 72.9 Å². The van der Waals surface area contributed by atoms with Crippen LogP contribution >= 0.6 is 11.6 Å². The zero-order valence-corrected chi connectivity index (χ0v) is 16.3. The van der Waals surface area contributed by atoms with Crippen LogP contribution in [-0.4, -0.2) is 40.3 Å². The Hall–Kier alpha value is -2.51. The number of anilines is 1. The van der Waals surface area contributed by atoms with Gasteiger partial charge in [-0.2, -0.15) is 0 Å². The van der Waals surface area contributed by atoms with Crippen molar-refractivity contribution in [2.75, 3.05) is 24.9 Å². The number of amides is 1. The quantitative estimate of drug-likeness (QED) is 0.760. The van der Waals surface area contributed by atoms with Crippen LogP contribution in [0.1, 0.15) is 10.4 Å². The van der Waals surface area contributed by atoms with Crippen LogP contribution in [0.3, 0.4) is 0 Å². The SMILES string of the molecule is COc1ccc(C(=O)N(c2ccc(Cl)cc2)[C@@H]2C=CS(=O)(=O)C2)cc1OC. The summed E-state index contributed by atoms with van der Waals surface area (Å²) < 4.78 is 34.2. The molecule has 1 aliphatic heterocycles. The van der Waals surface area contributed by atoms with Gasteiger partial charge >= 0.3 is 0 Å². The maximum atomic E-state index is 13.3. The van der Waals surface area contributed by atoms with E-state index in [1.165, 1.54) is 25.2 Å². The molecular weight excluding hydrogens is 390 g/mol. The monoisotopic (exact) mass is 407 g/mol. The van der Waals surface area contributed by atoms with Crippen LogP contribution in [0.4, 0.5) is 5.69 Å². The van der Waals surface area contributed by atoms with E-state index in [1.54, 1.807) is 42.5 Å². The molecule has 1 aliphatic rings. The summed E-state index contributed by atoms with van der Waals surface area (Å²) in [6, 6.07) is 10.9. The molecule has 2 aromatic carbocycles. The third-order valence-electron chi connectivity index (χ3n) is 4.20. The van der Waals surface area contributed by atoms with Gasteiger partial charge in [0.2, 0.25) is 0 Å². The molecule has 1 heterocycles. The van der Waals surface area contributed by atoms with E-state index in [0.717, 1.165) is 5.41 Å². The lowest BCUT2D eigenvalue weighted by Gasteiger charge is -2.28. The number of carbonyl (C=O) groups excluding carboxylic acids is 1. The van der Waals surface area contributed by atoms with Gasteiger partial charge in [0, 0.05) is 21.7 Å². The number of rotatable bonds is 5. The lowest BCUT2D eigenvalue weighted by atomic mass is 10.1. The van der Waals surface area contributed by atoms with E-state index in [2.05, 4.69) is 0 Å². The summed E-state index contributed by atoms with van der Waals surface area (Å²) in [6.07, 6.45) is 1.52. The number of ether oxygens (including phenoxy) is 2. The lowest BCUT2D eigenvalue weighted by Crippen LogP contribution is -2.41. The first-order valence-corrected chi connectivity index (χ1v) is 10.2. The number of methoxy groups -OCH3 is 2. The normalized spacial score (nSPS) is 17.5. The summed E-state index contributed by atoms with van der Waals surface area (Å²) in [7, 11) is -0.352. The van der Waals surface area contributed by atoms with Crippen LogP contribution in [-0.2, 0) is 9.84 Å². The highest BCUT2D eigenvalue weighted by Crippen LogP contribution is 2.31. The Balaban J connectivity index is 2.03. The second kappa shape index (κ2) is 7.62. The summed E-state index contributed by atoms with van der Waals surface area (Å²) in [5.41, 5.74) is 0.895. The first kappa shape index (κ1) is 19.3. The molecule has 0 unspecified atom stereocenters. The van der Waals surface area contributed by atoms with Gasteiger partial charge in [-0.15, -0.1) is 0 Å². The summed E-state index contributed by atoms with van der Waals surface area (Å²) in [5.74, 6) is 0.378. The number of benzene rings is 2. The Morgan fingerprint density at radius 2 is 1.74 bits per heavy atom. The maximum Gasteiger partial charge on any atom is 0.258 e. The van der Waals surface area contributed by atoms with Crippen molar-refractivity contribution in [3.8, 4) is 11.5 Å². The highest BCUT2D eigenvalue weighted by molar-refractivity contribution is 7.94. The van der Waals surface area contributed by atoms with Crippen molar-refractivity contribution in [2.24, 2.45) is 0 Å². The Labute approximate surface area is 162 Å². The molecular formula is C19H18ClNO5S. The minimum Gasteiger partial charge on any atom is -0.493 e. The molecule has 1 amide bonds. The fraction of sp³-hybridized carbons (Fsp3) is 0.211. The number of halogens is 1. The molecule has 0 aromatic heterocycles. The Kier molecular flexibility index (Phi) is 5.43. The molecule has 0 bridgehead atoms. The first-order valence-electron chi connectivity index (χ1n) is 8.07. The third kappa shape index (κ3) is 4.09. The van der Waals surface area contributed by atoms with Gasteiger partial charge in [-0.1, -0.05) is 11.6 Å². The van der Waals surface area contributed by atoms with E-state index in [9.17, 15) is 13.2 Å². The Morgan fingerprint density at radius 1 is 1.07 bits per heavy atom. The number of nitrogens with zero attached hydrogens (tertiary/aromatic N) is 1. The first-order chi connectivity index (χ1) is 12.8. The minimum atomic E-state index is -3.34. The average Bonchev–Trinajstić information content (AvgIpc) is 3.02. The van der Waals surface area contributed by atoms with Crippen LogP contribution in [0.25, 0.3) is 0 Å². The molecule has 0 N–H and O–H groups in total. The fourth-order valence-electron chi connectivity index (χ4n) is 2.89. The molecule has 1 atom stereocenters. The van der Waals surface area contributed by atoms with E-state index in [1.807, 2.05) is 0 Å².